The highest BCUT2D eigenvalue weighted by atomic mass is 79.9. The van der Waals surface area contributed by atoms with Gasteiger partial charge in [0.1, 0.15) is 0 Å². The average molecular weight is 282 g/mol. The number of alkyl halides is 1. The molecule has 0 N–H and O–H groups in total. The first-order chi connectivity index (χ1) is 7.72. The highest BCUT2D eigenvalue weighted by molar-refractivity contribution is 9.09. The third-order valence-corrected chi connectivity index (χ3v) is 4.31. The van der Waals surface area contributed by atoms with Crippen molar-refractivity contribution in [3.05, 3.63) is 35.9 Å². The molecule has 0 aliphatic carbocycles. The van der Waals surface area contributed by atoms with Gasteiger partial charge in [0, 0.05) is 24.0 Å². The molecule has 88 valence electrons. The molecule has 2 heteroatoms. The van der Waals surface area contributed by atoms with Crippen molar-refractivity contribution in [1.82, 2.24) is 4.90 Å². The van der Waals surface area contributed by atoms with Gasteiger partial charge in [-0.1, -0.05) is 60.1 Å². The van der Waals surface area contributed by atoms with E-state index in [4.69, 9.17) is 0 Å². The number of hydrogen-bond acceptors (Lipinski definition) is 1. The summed E-state index contributed by atoms with van der Waals surface area (Å²) in [7, 11) is 0. The molecule has 1 heterocycles. The predicted octanol–water partition coefficient (Wildman–Crippen LogP) is 3.68. The Labute approximate surface area is 107 Å². The zero-order valence-electron chi connectivity index (χ0n) is 10.1. The van der Waals surface area contributed by atoms with Crippen LogP contribution in [-0.2, 0) is 6.54 Å². The summed E-state index contributed by atoms with van der Waals surface area (Å²) < 4.78 is 0. The number of hydrogen-bond donors (Lipinski definition) is 0. The Kier molecular flexibility index (Phi) is 4.04. The van der Waals surface area contributed by atoms with Gasteiger partial charge in [-0.3, -0.25) is 4.90 Å². The minimum absolute atomic E-state index is 0.729. The number of halogens is 1. The molecule has 0 spiro atoms. The minimum atomic E-state index is 0.729. The molecule has 1 aromatic carbocycles. The van der Waals surface area contributed by atoms with Crippen LogP contribution < -0.4 is 0 Å². The summed E-state index contributed by atoms with van der Waals surface area (Å²) >= 11 is 3.61. The molecule has 0 amide bonds. The van der Waals surface area contributed by atoms with E-state index in [2.05, 4.69) is 65.0 Å². The molecule has 1 aliphatic rings. The topological polar surface area (TPSA) is 3.24 Å². The molecule has 1 aromatic rings. The van der Waals surface area contributed by atoms with Crippen LogP contribution in [0.5, 0.6) is 0 Å². The molecule has 0 unspecified atom stereocenters. The Morgan fingerprint density at radius 3 is 2.56 bits per heavy atom. The van der Waals surface area contributed by atoms with Gasteiger partial charge in [0.15, 0.2) is 0 Å². The van der Waals surface area contributed by atoms with E-state index in [0.717, 1.165) is 29.9 Å². The van der Waals surface area contributed by atoms with Crippen LogP contribution in [0.25, 0.3) is 0 Å². The number of likely N-dealkylation sites (tertiary alicyclic amines) is 1. The summed E-state index contributed by atoms with van der Waals surface area (Å²) in [6.07, 6.45) is 1.34. The van der Waals surface area contributed by atoms with Gasteiger partial charge in [-0.05, 0) is 17.9 Å². The van der Waals surface area contributed by atoms with Crippen molar-refractivity contribution in [2.45, 2.75) is 38.9 Å². The summed E-state index contributed by atoms with van der Waals surface area (Å²) in [5.74, 6) is 0.763. The lowest BCUT2D eigenvalue weighted by Crippen LogP contribution is -2.58. The van der Waals surface area contributed by atoms with Crippen LogP contribution in [0, 0.1) is 5.92 Å². The normalized spacial score (nSPS) is 25.8. The van der Waals surface area contributed by atoms with Crippen LogP contribution in [-0.4, -0.2) is 22.3 Å². The maximum absolute atomic E-state index is 3.61. The standard InChI is InChI=1S/C14H20BrN/c1-11(2)14-8-13(9-15)16(14)10-12-6-4-3-5-7-12/h3-7,11,13-14H,8-10H2,1-2H3/t13-,14+/m0/s1. The number of rotatable bonds is 4. The SMILES string of the molecule is CC(C)[C@H]1C[C@@H](CBr)N1Cc1ccccc1. The lowest BCUT2D eigenvalue weighted by Gasteiger charge is -2.50. The molecule has 2 atom stereocenters. The van der Waals surface area contributed by atoms with E-state index in [0.29, 0.717) is 0 Å². The van der Waals surface area contributed by atoms with Gasteiger partial charge in [-0.2, -0.15) is 0 Å². The van der Waals surface area contributed by atoms with Crippen molar-refractivity contribution >= 4 is 15.9 Å². The zero-order chi connectivity index (χ0) is 11.5. The molecule has 0 saturated carbocycles. The predicted molar refractivity (Wildman–Crippen MR) is 72.8 cm³/mol. The van der Waals surface area contributed by atoms with E-state index in [-0.39, 0.29) is 0 Å². The van der Waals surface area contributed by atoms with Crippen LogP contribution in [0.3, 0.4) is 0 Å². The Bertz CT molecular complexity index is 323. The minimum Gasteiger partial charge on any atom is -0.292 e. The largest absolute Gasteiger partial charge is 0.292 e. The fourth-order valence-corrected chi connectivity index (χ4v) is 3.17. The monoisotopic (exact) mass is 281 g/mol. The van der Waals surface area contributed by atoms with Gasteiger partial charge >= 0.3 is 0 Å². The molecular weight excluding hydrogens is 262 g/mol. The maximum atomic E-state index is 3.61. The molecule has 1 aliphatic heterocycles. The first-order valence-electron chi connectivity index (χ1n) is 6.08. The maximum Gasteiger partial charge on any atom is 0.0240 e. The summed E-state index contributed by atoms with van der Waals surface area (Å²) in [6.45, 7) is 5.75. The third kappa shape index (κ3) is 2.49. The van der Waals surface area contributed by atoms with Crippen molar-refractivity contribution in [2.24, 2.45) is 5.92 Å². The molecule has 16 heavy (non-hydrogen) atoms. The first-order valence-corrected chi connectivity index (χ1v) is 7.20. The molecule has 2 rings (SSSR count). The van der Waals surface area contributed by atoms with Gasteiger partial charge in [0.25, 0.3) is 0 Å². The first kappa shape index (κ1) is 12.1. The number of benzene rings is 1. The number of nitrogens with zero attached hydrogens (tertiary/aromatic N) is 1. The van der Waals surface area contributed by atoms with Crippen molar-refractivity contribution in [1.29, 1.82) is 0 Å². The highest BCUT2D eigenvalue weighted by Crippen LogP contribution is 2.33. The smallest absolute Gasteiger partial charge is 0.0240 e. The zero-order valence-corrected chi connectivity index (χ0v) is 11.7. The van der Waals surface area contributed by atoms with Crippen LogP contribution in [0.4, 0.5) is 0 Å². The molecule has 1 saturated heterocycles. The summed E-state index contributed by atoms with van der Waals surface area (Å²) in [5, 5.41) is 1.10. The van der Waals surface area contributed by atoms with E-state index in [9.17, 15) is 0 Å². The van der Waals surface area contributed by atoms with Crippen molar-refractivity contribution in [3.8, 4) is 0 Å². The Hall–Kier alpha value is -0.340. The van der Waals surface area contributed by atoms with Crippen LogP contribution in [0.1, 0.15) is 25.8 Å². The van der Waals surface area contributed by atoms with Crippen LogP contribution in [0.2, 0.25) is 0 Å². The lowest BCUT2D eigenvalue weighted by atomic mass is 9.85. The van der Waals surface area contributed by atoms with Crippen molar-refractivity contribution < 1.29 is 0 Å². The van der Waals surface area contributed by atoms with Gasteiger partial charge in [-0.15, -0.1) is 0 Å². The van der Waals surface area contributed by atoms with Gasteiger partial charge in [-0.25, -0.2) is 0 Å². The molecule has 0 bridgehead atoms. The molecule has 0 radical (unpaired) electrons. The average Bonchev–Trinajstić information content (AvgIpc) is 2.26. The molecule has 0 aromatic heterocycles. The van der Waals surface area contributed by atoms with Gasteiger partial charge in [0.05, 0.1) is 0 Å². The van der Waals surface area contributed by atoms with E-state index >= 15 is 0 Å². The van der Waals surface area contributed by atoms with Gasteiger partial charge < -0.3 is 0 Å². The third-order valence-electron chi connectivity index (χ3n) is 3.56. The van der Waals surface area contributed by atoms with Crippen molar-refractivity contribution in [3.63, 3.8) is 0 Å². The second-order valence-electron chi connectivity index (χ2n) is 5.01. The quantitative estimate of drug-likeness (QED) is 0.761. The summed E-state index contributed by atoms with van der Waals surface area (Å²) in [4.78, 5) is 2.63. The Morgan fingerprint density at radius 2 is 2.00 bits per heavy atom. The lowest BCUT2D eigenvalue weighted by molar-refractivity contribution is -0.00611. The highest BCUT2D eigenvalue weighted by Gasteiger charge is 2.38. The van der Waals surface area contributed by atoms with Crippen LogP contribution >= 0.6 is 15.9 Å². The fraction of sp³-hybridized carbons (Fsp3) is 0.571. The Morgan fingerprint density at radius 1 is 1.31 bits per heavy atom. The molecule has 1 nitrogen and oxygen atoms in total. The van der Waals surface area contributed by atoms with E-state index in [1.165, 1.54) is 12.0 Å². The Balaban J connectivity index is 2.01. The summed E-state index contributed by atoms with van der Waals surface area (Å²) in [5.41, 5.74) is 1.43. The fourth-order valence-electron chi connectivity index (χ4n) is 2.53. The van der Waals surface area contributed by atoms with Crippen LogP contribution in [0.15, 0.2) is 30.3 Å². The summed E-state index contributed by atoms with van der Waals surface area (Å²) in [6, 6.07) is 12.3. The molecule has 1 fully saturated rings. The molecular formula is C14H20BrN. The van der Waals surface area contributed by atoms with E-state index in [1.54, 1.807) is 0 Å². The van der Waals surface area contributed by atoms with E-state index < -0.39 is 0 Å². The van der Waals surface area contributed by atoms with Gasteiger partial charge in [0.2, 0.25) is 0 Å². The second-order valence-corrected chi connectivity index (χ2v) is 5.66. The van der Waals surface area contributed by atoms with Crippen molar-refractivity contribution in [2.75, 3.05) is 5.33 Å². The second kappa shape index (κ2) is 5.33. The van der Waals surface area contributed by atoms with E-state index in [1.807, 2.05) is 0 Å².